The average Bonchev–Trinajstić information content (AvgIpc) is 3.24. The number of benzene rings is 2. The molecule has 2 heterocycles. The van der Waals surface area contributed by atoms with Gasteiger partial charge in [-0.2, -0.15) is 0 Å². The Balaban J connectivity index is 0.00000225. The van der Waals surface area contributed by atoms with Gasteiger partial charge in [-0.05, 0) is 18.2 Å². The van der Waals surface area contributed by atoms with Crippen molar-refractivity contribution in [1.29, 1.82) is 0 Å². The largest absolute Gasteiger partial charge is 0.493 e. The molecule has 0 spiro atoms. The zero-order chi connectivity index (χ0) is 19.0. The number of aromatic nitrogens is 2. The van der Waals surface area contributed by atoms with Crippen LogP contribution in [0.5, 0.6) is 5.88 Å². The fourth-order valence-electron chi connectivity index (χ4n) is 2.55. The van der Waals surface area contributed by atoms with Crippen LogP contribution in [0.25, 0.3) is 22.2 Å². The van der Waals surface area contributed by atoms with E-state index in [0.29, 0.717) is 22.1 Å². The fraction of sp³-hybridized carbons (Fsp3) is 0. The molecule has 142 valence electrons. The summed E-state index contributed by atoms with van der Waals surface area (Å²) in [5.41, 5.74) is 2.25. The molecule has 4 aromatic rings. The molecule has 4 rings (SSSR count). The Bertz CT molecular complexity index is 1200. The number of thiazole rings is 1. The highest BCUT2D eigenvalue weighted by Gasteiger charge is 2.12. The molecule has 2 aromatic heterocycles. The number of halogens is 2. The van der Waals surface area contributed by atoms with E-state index in [4.69, 9.17) is 0 Å². The van der Waals surface area contributed by atoms with E-state index in [0.717, 1.165) is 15.4 Å². The van der Waals surface area contributed by atoms with Gasteiger partial charge in [-0.25, -0.2) is 4.98 Å². The van der Waals surface area contributed by atoms with E-state index in [1.54, 1.807) is 17.5 Å². The third-order valence-corrected chi connectivity index (χ3v) is 5.01. The summed E-state index contributed by atoms with van der Waals surface area (Å²) in [7, 11) is 0. The standard InChI is InChI=1S/C17H10BrN5O3S.BrH/c18-10-4-5-13-12(7-10)15(16(24)19-13)21-22-17-20-14(8-27-17)9-2-1-3-11(6-9)23(25)26;/h1-8,19,24H;1H. The summed E-state index contributed by atoms with van der Waals surface area (Å²) in [6.45, 7) is 0. The van der Waals surface area contributed by atoms with Gasteiger partial charge in [-0.1, -0.05) is 28.1 Å². The van der Waals surface area contributed by atoms with Crippen molar-refractivity contribution in [3.05, 3.63) is 62.4 Å². The molecule has 8 nitrogen and oxygen atoms in total. The molecule has 0 aliphatic carbocycles. The van der Waals surface area contributed by atoms with Crippen LogP contribution < -0.4 is 0 Å². The third kappa shape index (κ3) is 3.96. The number of fused-ring (bicyclic) bond motifs is 1. The average molecular weight is 525 g/mol. The lowest BCUT2D eigenvalue weighted by Crippen LogP contribution is -1.87. The zero-order valence-electron chi connectivity index (χ0n) is 13.9. The van der Waals surface area contributed by atoms with Crippen molar-refractivity contribution in [3.8, 4) is 17.1 Å². The Morgan fingerprint density at radius 2 is 2.04 bits per heavy atom. The van der Waals surface area contributed by atoms with Gasteiger partial charge in [-0.3, -0.25) is 10.1 Å². The van der Waals surface area contributed by atoms with E-state index in [1.165, 1.54) is 23.5 Å². The van der Waals surface area contributed by atoms with Gasteiger partial charge in [0.25, 0.3) is 5.69 Å². The van der Waals surface area contributed by atoms with Crippen LogP contribution in [0.2, 0.25) is 0 Å². The molecule has 0 atom stereocenters. The van der Waals surface area contributed by atoms with Gasteiger partial charge in [0.2, 0.25) is 11.0 Å². The van der Waals surface area contributed by atoms with Crippen molar-refractivity contribution in [2.24, 2.45) is 10.2 Å². The summed E-state index contributed by atoms with van der Waals surface area (Å²) in [5.74, 6) is -0.0812. The normalized spacial score (nSPS) is 11.0. The van der Waals surface area contributed by atoms with Crippen molar-refractivity contribution in [2.45, 2.75) is 0 Å². The minimum atomic E-state index is -0.450. The van der Waals surface area contributed by atoms with Gasteiger partial charge in [0.15, 0.2) is 5.69 Å². The Hall–Kier alpha value is -2.63. The number of nitro benzene ring substituents is 1. The molecule has 0 aliphatic heterocycles. The predicted molar refractivity (Wildman–Crippen MR) is 116 cm³/mol. The van der Waals surface area contributed by atoms with Gasteiger partial charge in [-0.15, -0.1) is 38.5 Å². The van der Waals surface area contributed by atoms with Crippen LogP contribution in [-0.4, -0.2) is 20.0 Å². The van der Waals surface area contributed by atoms with E-state index in [-0.39, 0.29) is 28.5 Å². The molecule has 0 saturated carbocycles. The Labute approximate surface area is 181 Å². The Morgan fingerprint density at radius 1 is 1.21 bits per heavy atom. The number of aromatic hydroxyl groups is 1. The van der Waals surface area contributed by atoms with Crippen LogP contribution in [0.4, 0.5) is 16.5 Å². The van der Waals surface area contributed by atoms with Crippen LogP contribution >= 0.6 is 44.2 Å². The number of non-ortho nitro benzene ring substituents is 1. The first-order valence-electron chi connectivity index (χ1n) is 7.63. The van der Waals surface area contributed by atoms with Crippen molar-refractivity contribution >= 4 is 71.7 Å². The number of nitrogens with zero attached hydrogens (tertiary/aromatic N) is 4. The number of nitro groups is 1. The fourth-order valence-corrected chi connectivity index (χ4v) is 3.56. The first-order chi connectivity index (χ1) is 13.0. The van der Waals surface area contributed by atoms with E-state index in [9.17, 15) is 15.2 Å². The first-order valence-corrected chi connectivity index (χ1v) is 9.31. The summed E-state index contributed by atoms with van der Waals surface area (Å²) in [5, 5.41) is 32.0. The lowest BCUT2D eigenvalue weighted by Gasteiger charge is -1.96. The first kappa shape index (κ1) is 20.1. The maximum Gasteiger partial charge on any atom is 0.270 e. The Morgan fingerprint density at radius 3 is 2.82 bits per heavy atom. The van der Waals surface area contributed by atoms with E-state index in [2.05, 4.69) is 36.1 Å². The second-order valence-electron chi connectivity index (χ2n) is 5.53. The molecule has 0 fully saturated rings. The minimum Gasteiger partial charge on any atom is -0.493 e. The SMILES string of the molecule is Br.O=[N+]([O-])c1cccc(-c2csc(N=Nc3c(O)[nH]c4ccc(Br)cc34)n2)c1. The number of azo groups is 1. The molecular formula is C17H11Br2N5O3S. The van der Waals surface area contributed by atoms with Crippen LogP contribution in [0.3, 0.4) is 0 Å². The monoisotopic (exact) mass is 523 g/mol. The van der Waals surface area contributed by atoms with Crippen molar-refractivity contribution in [1.82, 2.24) is 9.97 Å². The number of H-pyrrole nitrogens is 1. The van der Waals surface area contributed by atoms with Gasteiger partial charge in [0.05, 0.1) is 16.1 Å². The molecule has 0 aliphatic rings. The van der Waals surface area contributed by atoms with Crippen molar-refractivity contribution in [3.63, 3.8) is 0 Å². The molecule has 0 radical (unpaired) electrons. The van der Waals surface area contributed by atoms with Gasteiger partial charge in [0, 0.05) is 32.9 Å². The summed E-state index contributed by atoms with van der Waals surface area (Å²) in [6, 6.07) is 11.7. The molecule has 0 unspecified atom stereocenters. The van der Waals surface area contributed by atoms with E-state index >= 15 is 0 Å². The minimum absolute atomic E-state index is 0. The molecule has 11 heteroatoms. The molecule has 0 bridgehead atoms. The summed E-state index contributed by atoms with van der Waals surface area (Å²) in [4.78, 5) is 17.6. The number of rotatable bonds is 4. The van der Waals surface area contributed by atoms with Gasteiger partial charge >= 0.3 is 0 Å². The number of hydrogen-bond acceptors (Lipinski definition) is 7. The number of hydrogen-bond donors (Lipinski definition) is 2. The molecule has 0 saturated heterocycles. The predicted octanol–water partition coefficient (Wildman–Crippen LogP) is 6.66. The quantitative estimate of drug-likeness (QED) is 0.176. The van der Waals surface area contributed by atoms with Crippen LogP contribution in [0.1, 0.15) is 0 Å². The van der Waals surface area contributed by atoms with Crippen molar-refractivity contribution in [2.75, 3.05) is 0 Å². The van der Waals surface area contributed by atoms with E-state index < -0.39 is 4.92 Å². The highest BCUT2D eigenvalue weighted by Crippen LogP contribution is 2.38. The number of aromatic amines is 1. The third-order valence-electron chi connectivity index (χ3n) is 3.79. The maximum absolute atomic E-state index is 10.9. The molecular weight excluding hydrogens is 514 g/mol. The molecule has 2 aromatic carbocycles. The summed E-state index contributed by atoms with van der Waals surface area (Å²) >= 11 is 4.64. The van der Waals surface area contributed by atoms with Crippen LogP contribution in [0, 0.1) is 10.1 Å². The zero-order valence-corrected chi connectivity index (χ0v) is 18.0. The second kappa shape index (κ2) is 8.17. The lowest BCUT2D eigenvalue weighted by atomic mass is 10.1. The lowest BCUT2D eigenvalue weighted by molar-refractivity contribution is -0.384. The smallest absolute Gasteiger partial charge is 0.270 e. The highest BCUT2D eigenvalue weighted by atomic mass is 79.9. The van der Waals surface area contributed by atoms with E-state index in [1.807, 2.05) is 18.2 Å². The van der Waals surface area contributed by atoms with Crippen molar-refractivity contribution < 1.29 is 10.0 Å². The summed E-state index contributed by atoms with van der Waals surface area (Å²) in [6.07, 6.45) is 0. The van der Waals surface area contributed by atoms with Crippen LogP contribution in [-0.2, 0) is 0 Å². The Kier molecular flexibility index (Phi) is 5.87. The topological polar surface area (TPSA) is 117 Å². The second-order valence-corrected chi connectivity index (χ2v) is 7.29. The van der Waals surface area contributed by atoms with Gasteiger partial charge < -0.3 is 10.1 Å². The highest BCUT2D eigenvalue weighted by molar-refractivity contribution is 9.10. The summed E-state index contributed by atoms with van der Waals surface area (Å²) < 4.78 is 0.854. The van der Waals surface area contributed by atoms with Crippen LogP contribution in [0.15, 0.2) is 62.5 Å². The molecule has 2 N–H and O–H groups in total. The van der Waals surface area contributed by atoms with Gasteiger partial charge in [0.1, 0.15) is 0 Å². The molecule has 28 heavy (non-hydrogen) atoms. The molecule has 0 amide bonds. The number of nitrogens with one attached hydrogen (secondary N) is 1. The maximum atomic E-state index is 10.9.